The lowest BCUT2D eigenvalue weighted by atomic mass is 10.2. The van der Waals surface area contributed by atoms with Crippen LogP contribution in [0.5, 0.6) is 0 Å². The first-order valence-corrected chi connectivity index (χ1v) is 5.56. The van der Waals surface area contributed by atoms with Gasteiger partial charge >= 0.3 is 0 Å². The first-order valence-electron chi connectivity index (χ1n) is 5.56. The fourth-order valence-corrected chi connectivity index (χ4v) is 1.96. The summed E-state index contributed by atoms with van der Waals surface area (Å²) in [5.41, 5.74) is 1.85. The van der Waals surface area contributed by atoms with E-state index in [0.29, 0.717) is 13.0 Å². The molecule has 1 saturated heterocycles. The molecule has 0 unspecified atom stereocenters. The summed E-state index contributed by atoms with van der Waals surface area (Å²) in [6.07, 6.45) is 4.34. The number of carbonyl (C=O) groups excluding carboxylic acids is 1. The highest BCUT2D eigenvalue weighted by molar-refractivity contribution is 5.86. The third kappa shape index (κ3) is 1.91. The smallest absolute Gasteiger partial charge is 0.153 e. The molecule has 0 saturated carbocycles. The van der Waals surface area contributed by atoms with Crippen LogP contribution >= 0.6 is 0 Å². The summed E-state index contributed by atoms with van der Waals surface area (Å²) in [7, 11) is 0. The van der Waals surface area contributed by atoms with E-state index < -0.39 is 0 Å². The average molecular weight is 228 g/mol. The molecule has 3 rings (SSSR count). The normalized spacial score (nSPS) is 15.5. The first-order chi connectivity index (χ1) is 8.33. The molecule has 0 atom stereocenters. The number of aromatic nitrogens is 3. The van der Waals surface area contributed by atoms with Gasteiger partial charge in [0.2, 0.25) is 0 Å². The number of Topliss-reactive ketones (excluding diaryl/α,β-unsaturated/α-hetero) is 1. The van der Waals surface area contributed by atoms with Crippen LogP contribution in [0.3, 0.4) is 0 Å². The number of H-pyrrole nitrogens is 1. The number of nitrogens with zero attached hydrogens (tertiary/aromatic N) is 3. The summed E-state index contributed by atoms with van der Waals surface area (Å²) in [5, 5.41) is 8.33. The maximum Gasteiger partial charge on any atom is 0.153 e. The van der Waals surface area contributed by atoms with E-state index in [0.717, 1.165) is 23.6 Å². The molecule has 0 amide bonds. The lowest BCUT2D eigenvalue weighted by Gasteiger charge is -2.14. The third-order valence-corrected chi connectivity index (χ3v) is 2.90. The van der Waals surface area contributed by atoms with Crippen LogP contribution in [0.1, 0.15) is 6.42 Å². The molecule has 2 aromatic rings. The maximum absolute atomic E-state index is 11.2. The number of hydrogen-bond donors (Lipinski definition) is 1. The van der Waals surface area contributed by atoms with Gasteiger partial charge in [0.15, 0.2) is 11.6 Å². The van der Waals surface area contributed by atoms with Gasteiger partial charge in [0, 0.05) is 30.9 Å². The number of aromatic amines is 1. The summed E-state index contributed by atoms with van der Waals surface area (Å²) >= 11 is 0. The molecule has 0 spiro atoms. The van der Waals surface area contributed by atoms with Crippen molar-refractivity contribution < 1.29 is 4.79 Å². The second-order valence-electron chi connectivity index (χ2n) is 4.09. The van der Waals surface area contributed by atoms with Crippen molar-refractivity contribution in [1.29, 1.82) is 0 Å². The van der Waals surface area contributed by atoms with Crippen molar-refractivity contribution in [3.05, 3.63) is 30.6 Å². The largest absolute Gasteiger partial charge is 0.367 e. The topological polar surface area (TPSA) is 61.9 Å². The Bertz CT molecular complexity index is 518. The van der Waals surface area contributed by atoms with Gasteiger partial charge in [-0.3, -0.25) is 4.79 Å². The van der Waals surface area contributed by atoms with Crippen molar-refractivity contribution >= 4 is 11.6 Å². The molecule has 1 fully saturated rings. The van der Waals surface area contributed by atoms with Crippen molar-refractivity contribution in [1.82, 2.24) is 15.2 Å². The van der Waals surface area contributed by atoms with Gasteiger partial charge in [0.1, 0.15) is 0 Å². The number of anilines is 1. The van der Waals surface area contributed by atoms with Crippen molar-refractivity contribution in [2.24, 2.45) is 0 Å². The molecule has 3 heterocycles. The Kier molecular flexibility index (Phi) is 2.36. The lowest BCUT2D eigenvalue weighted by Crippen LogP contribution is -2.20. The molecule has 1 aliphatic heterocycles. The minimum atomic E-state index is 0.265. The van der Waals surface area contributed by atoms with Gasteiger partial charge in [-0.25, -0.2) is 0 Å². The molecule has 1 aliphatic rings. The third-order valence-electron chi connectivity index (χ3n) is 2.90. The molecule has 0 bridgehead atoms. The zero-order chi connectivity index (χ0) is 11.7. The summed E-state index contributed by atoms with van der Waals surface area (Å²) in [4.78, 5) is 16.1. The van der Waals surface area contributed by atoms with Crippen LogP contribution in [-0.4, -0.2) is 34.1 Å². The Hall–Kier alpha value is -2.17. The fourth-order valence-electron chi connectivity index (χ4n) is 1.96. The molecule has 0 aromatic carbocycles. The number of ketones is 1. The highest BCUT2D eigenvalue weighted by Gasteiger charge is 2.20. The monoisotopic (exact) mass is 228 g/mol. The van der Waals surface area contributed by atoms with Crippen LogP contribution in [0.25, 0.3) is 11.3 Å². The van der Waals surface area contributed by atoms with E-state index in [1.807, 2.05) is 35.5 Å². The molecule has 86 valence electrons. The number of nitrogens with one attached hydrogen (secondary N) is 1. The Morgan fingerprint density at radius 2 is 2.18 bits per heavy atom. The Morgan fingerprint density at radius 3 is 2.76 bits per heavy atom. The Balaban J connectivity index is 1.83. The molecular formula is C12H12N4O. The molecular weight excluding hydrogens is 216 g/mol. The van der Waals surface area contributed by atoms with Crippen molar-refractivity contribution in [2.75, 3.05) is 18.0 Å². The van der Waals surface area contributed by atoms with Crippen LogP contribution < -0.4 is 4.90 Å². The van der Waals surface area contributed by atoms with Gasteiger partial charge in [-0.2, -0.15) is 0 Å². The van der Waals surface area contributed by atoms with Gasteiger partial charge in [-0.15, -0.1) is 10.2 Å². The molecule has 2 aromatic heterocycles. The maximum atomic E-state index is 11.2. The van der Waals surface area contributed by atoms with E-state index in [4.69, 9.17) is 0 Å². The summed E-state index contributed by atoms with van der Waals surface area (Å²) in [5.74, 6) is 1.04. The van der Waals surface area contributed by atoms with Crippen LogP contribution in [0, 0.1) is 0 Å². The van der Waals surface area contributed by atoms with E-state index >= 15 is 0 Å². The second-order valence-corrected chi connectivity index (χ2v) is 4.09. The molecule has 17 heavy (non-hydrogen) atoms. The van der Waals surface area contributed by atoms with Crippen molar-refractivity contribution in [3.63, 3.8) is 0 Å². The van der Waals surface area contributed by atoms with Gasteiger partial charge in [-0.1, -0.05) is 0 Å². The predicted octanol–water partition coefficient (Wildman–Crippen LogP) is 1.25. The van der Waals surface area contributed by atoms with Gasteiger partial charge in [-0.05, 0) is 18.2 Å². The minimum absolute atomic E-state index is 0.265. The Morgan fingerprint density at radius 1 is 1.24 bits per heavy atom. The van der Waals surface area contributed by atoms with E-state index in [1.165, 1.54) is 0 Å². The standard InChI is InChI=1S/C12H12N4O/c17-10-4-6-16(8-10)12-2-1-11(14-15-12)9-3-5-13-7-9/h1-3,5,7,13H,4,6,8H2. The minimum Gasteiger partial charge on any atom is -0.367 e. The van der Waals surface area contributed by atoms with Gasteiger partial charge in [0.05, 0.1) is 12.2 Å². The molecule has 5 nitrogen and oxygen atoms in total. The molecule has 1 N–H and O–H groups in total. The zero-order valence-corrected chi connectivity index (χ0v) is 9.26. The highest BCUT2D eigenvalue weighted by atomic mass is 16.1. The van der Waals surface area contributed by atoms with Crippen molar-refractivity contribution in [2.45, 2.75) is 6.42 Å². The van der Waals surface area contributed by atoms with E-state index in [9.17, 15) is 4.79 Å². The highest BCUT2D eigenvalue weighted by Crippen LogP contribution is 2.19. The van der Waals surface area contributed by atoms with Crippen molar-refractivity contribution in [3.8, 4) is 11.3 Å². The second kappa shape index (κ2) is 4.01. The fraction of sp³-hybridized carbons (Fsp3) is 0.250. The number of carbonyl (C=O) groups is 1. The lowest BCUT2D eigenvalue weighted by molar-refractivity contribution is -0.116. The quantitative estimate of drug-likeness (QED) is 0.840. The first kappa shape index (κ1) is 10.0. The van der Waals surface area contributed by atoms with Crippen LogP contribution in [-0.2, 0) is 4.79 Å². The summed E-state index contributed by atoms with van der Waals surface area (Å²) in [6, 6.07) is 5.78. The average Bonchev–Trinajstić information content (AvgIpc) is 3.00. The summed E-state index contributed by atoms with van der Waals surface area (Å²) < 4.78 is 0. The van der Waals surface area contributed by atoms with E-state index in [1.54, 1.807) is 0 Å². The van der Waals surface area contributed by atoms with Crippen LogP contribution in [0.15, 0.2) is 30.6 Å². The van der Waals surface area contributed by atoms with Crippen LogP contribution in [0.2, 0.25) is 0 Å². The zero-order valence-electron chi connectivity index (χ0n) is 9.26. The predicted molar refractivity (Wildman–Crippen MR) is 63.7 cm³/mol. The van der Waals surface area contributed by atoms with E-state index in [-0.39, 0.29) is 5.78 Å². The van der Waals surface area contributed by atoms with Gasteiger partial charge < -0.3 is 9.88 Å². The molecule has 5 heteroatoms. The summed E-state index contributed by atoms with van der Waals surface area (Å²) in [6.45, 7) is 1.20. The van der Waals surface area contributed by atoms with E-state index in [2.05, 4.69) is 15.2 Å². The van der Waals surface area contributed by atoms with Crippen LogP contribution in [0.4, 0.5) is 5.82 Å². The van der Waals surface area contributed by atoms with Gasteiger partial charge in [0.25, 0.3) is 0 Å². The number of rotatable bonds is 2. The SMILES string of the molecule is O=C1CCN(c2ccc(-c3cc[nH]c3)nn2)C1. The molecule has 0 aliphatic carbocycles. The Labute approximate surface area is 98.5 Å². The molecule has 0 radical (unpaired) electrons. The number of hydrogen-bond acceptors (Lipinski definition) is 4.